The first-order chi connectivity index (χ1) is 15.7. The smallest absolute Gasteiger partial charge is 0.494 e. The molecule has 0 saturated heterocycles. The van der Waals surface area contributed by atoms with Gasteiger partial charge in [-0.15, -0.1) is 13.2 Å². The number of esters is 1. The second kappa shape index (κ2) is 12.3. The Hall–Kier alpha value is -3.76. The zero-order chi connectivity index (χ0) is 24.3. The van der Waals surface area contributed by atoms with Crippen LogP contribution in [0.3, 0.4) is 0 Å². The fourth-order valence-electron chi connectivity index (χ4n) is 2.43. The van der Waals surface area contributed by atoms with Crippen molar-refractivity contribution in [1.29, 1.82) is 0 Å². The number of amides is 2. The van der Waals surface area contributed by atoms with E-state index in [1.54, 1.807) is 24.3 Å². The number of hydrogen-bond acceptors (Lipinski definition) is 6. The fourth-order valence-corrected chi connectivity index (χ4v) is 2.43. The molecule has 0 aromatic heterocycles. The van der Waals surface area contributed by atoms with E-state index >= 15 is 0 Å². The van der Waals surface area contributed by atoms with E-state index < -0.39 is 43.0 Å². The first-order valence-electron chi connectivity index (χ1n) is 9.98. The van der Waals surface area contributed by atoms with E-state index in [1.807, 2.05) is 6.92 Å². The van der Waals surface area contributed by atoms with Crippen LogP contribution in [0.25, 0.3) is 0 Å². The third-order valence-corrected chi connectivity index (χ3v) is 4.01. The van der Waals surface area contributed by atoms with Gasteiger partial charge in [0.1, 0.15) is 18.0 Å². The maximum Gasteiger partial charge on any atom is 0.573 e. The van der Waals surface area contributed by atoms with E-state index in [4.69, 9.17) is 9.47 Å². The average Bonchev–Trinajstić information content (AvgIpc) is 2.77. The van der Waals surface area contributed by atoms with Crippen molar-refractivity contribution in [3.05, 3.63) is 54.1 Å². The Kier molecular flexibility index (Phi) is 9.52. The van der Waals surface area contributed by atoms with Crippen molar-refractivity contribution >= 4 is 23.5 Å². The summed E-state index contributed by atoms with van der Waals surface area (Å²) < 4.78 is 50.4. The van der Waals surface area contributed by atoms with Crippen molar-refractivity contribution in [3.63, 3.8) is 0 Å². The molecule has 0 saturated carbocycles. The molecule has 2 amide bonds. The number of benzene rings is 2. The molecule has 0 spiro atoms. The highest BCUT2D eigenvalue weighted by molar-refractivity contribution is 5.96. The highest BCUT2D eigenvalue weighted by atomic mass is 19.4. The Morgan fingerprint density at radius 3 is 2.18 bits per heavy atom. The van der Waals surface area contributed by atoms with E-state index in [2.05, 4.69) is 15.4 Å². The van der Waals surface area contributed by atoms with Gasteiger partial charge < -0.3 is 24.8 Å². The summed E-state index contributed by atoms with van der Waals surface area (Å²) in [6.07, 6.45) is -2.89. The van der Waals surface area contributed by atoms with Crippen LogP contribution in [0.5, 0.6) is 11.5 Å². The molecule has 0 radical (unpaired) electrons. The number of carbonyl (C=O) groups excluding carboxylic acids is 3. The number of nitrogens with one attached hydrogen (secondary N) is 2. The third-order valence-electron chi connectivity index (χ3n) is 4.01. The number of carbonyl (C=O) groups is 3. The summed E-state index contributed by atoms with van der Waals surface area (Å²) in [4.78, 5) is 35.7. The molecular formula is C22H23F3N2O6. The van der Waals surface area contributed by atoms with Crippen molar-refractivity contribution < 1.29 is 41.8 Å². The molecule has 2 aromatic carbocycles. The van der Waals surface area contributed by atoms with Gasteiger partial charge in [0, 0.05) is 11.3 Å². The van der Waals surface area contributed by atoms with Gasteiger partial charge in [0.2, 0.25) is 0 Å². The molecule has 11 heteroatoms. The van der Waals surface area contributed by atoms with Gasteiger partial charge in [-0.2, -0.15) is 0 Å². The van der Waals surface area contributed by atoms with Gasteiger partial charge in [-0.1, -0.05) is 13.3 Å². The molecule has 0 bridgehead atoms. The molecule has 0 unspecified atom stereocenters. The SMILES string of the molecule is CCCCOc1ccc(C(=O)NCC(=O)OCC(=O)Nc2ccc(OC(F)(F)F)cc2)cc1. The molecule has 0 aliphatic carbocycles. The second-order valence-electron chi connectivity index (χ2n) is 6.69. The lowest BCUT2D eigenvalue weighted by Gasteiger charge is -2.10. The van der Waals surface area contributed by atoms with E-state index in [0.717, 1.165) is 25.0 Å². The van der Waals surface area contributed by atoms with Gasteiger partial charge in [0.05, 0.1) is 6.61 Å². The lowest BCUT2D eigenvalue weighted by atomic mass is 10.2. The van der Waals surface area contributed by atoms with Crippen LogP contribution in [-0.2, 0) is 14.3 Å². The van der Waals surface area contributed by atoms with Crippen molar-refractivity contribution in [2.24, 2.45) is 0 Å². The average molecular weight is 468 g/mol. The summed E-state index contributed by atoms with van der Waals surface area (Å²) in [5.74, 6) is -1.86. The van der Waals surface area contributed by atoms with Gasteiger partial charge in [-0.25, -0.2) is 0 Å². The van der Waals surface area contributed by atoms with E-state index in [1.165, 1.54) is 12.1 Å². The van der Waals surface area contributed by atoms with Gasteiger partial charge in [0.15, 0.2) is 6.61 Å². The van der Waals surface area contributed by atoms with Crippen LogP contribution in [0.2, 0.25) is 0 Å². The summed E-state index contributed by atoms with van der Waals surface area (Å²) >= 11 is 0. The Morgan fingerprint density at radius 2 is 1.58 bits per heavy atom. The molecule has 2 rings (SSSR count). The number of hydrogen-bond donors (Lipinski definition) is 2. The largest absolute Gasteiger partial charge is 0.573 e. The maximum atomic E-state index is 12.1. The van der Waals surface area contributed by atoms with Crippen LogP contribution in [0.1, 0.15) is 30.1 Å². The number of anilines is 1. The lowest BCUT2D eigenvalue weighted by molar-refractivity contribution is -0.274. The van der Waals surface area contributed by atoms with Gasteiger partial charge >= 0.3 is 12.3 Å². The number of alkyl halides is 3. The summed E-state index contributed by atoms with van der Waals surface area (Å²) in [6, 6.07) is 10.8. The van der Waals surface area contributed by atoms with Crippen LogP contribution >= 0.6 is 0 Å². The zero-order valence-electron chi connectivity index (χ0n) is 17.7. The summed E-state index contributed by atoms with van der Waals surface area (Å²) in [7, 11) is 0. The first-order valence-corrected chi connectivity index (χ1v) is 9.98. The fraction of sp³-hybridized carbons (Fsp3) is 0.318. The molecule has 0 aliphatic heterocycles. The summed E-state index contributed by atoms with van der Waals surface area (Å²) in [5.41, 5.74) is 0.502. The minimum atomic E-state index is -4.82. The number of halogens is 3. The number of ether oxygens (including phenoxy) is 3. The van der Waals surface area contributed by atoms with Crippen molar-refractivity contribution in [2.45, 2.75) is 26.1 Å². The molecular weight excluding hydrogens is 445 g/mol. The molecule has 8 nitrogen and oxygen atoms in total. The van der Waals surface area contributed by atoms with Crippen molar-refractivity contribution in [1.82, 2.24) is 5.32 Å². The van der Waals surface area contributed by atoms with E-state index in [9.17, 15) is 27.6 Å². The molecule has 0 fully saturated rings. The quantitative estimate of drug-likeness (QED) is 0.385. The van der Waals surface area contributed by atoms with E-state index in [-0.39, 0.29) is 5.69 Å². The Labute approximate surface area is 188 Å². The van der Waals surface area contributed by atoms with Crippen molar-refractivity contribution in [2.75, 3.05) is 25.1 Å². The minimum Gasteiger partial charge on any atom is -0.494 e. The summed E-state index contributed by atoms with van der Waals surface area (Å²) in [6.45, 7) is 1.54. The van der Waals surface area contributed by atoms with Crippen LogP contribution in [0, 0.1) is 0 Å². The van der Waals surface area contributed by atoms with Gasteiger partial charge in [-0.3, -0.25) is 14.4 Å². The normalized spacial score (nSPS) is 10.8. The predicted octanol–water partition coefficient (Wildman–Crippen LogP) is 3.68. The van der Waals surface area contributed by atoms with Gasteiger partial charge in [0.25, 0.3) is 11.8 Å². The molecule has 0 heterocycles. The highest BCUT2D eigenvalue weighted by Gasteiger charge is 2.30. The third kappa shape index (κ3) is 9.93. The van der Waals surface area contributed by atoms with Crippen LogP contribution in [-0.4, -0.2) is 43.9 Å². The molecule has 2 aromatic rings. The van der Waals surface area contributed by atoms with Crippen LogP contribution < -0.4 is 20.1 Å². The predicted molar refractivity (Wildman–Crippen MR) is 112 cm³/mol. The molecule has 0 atom stereocenters. The molecule has 33 heavy (non-hydrogen) atoms. The Morgan fingerprint density at radius 1 is 0.939 bits per heavy atom. The minimum absolute atomic E-state index is 0.181. The Balaban J connectivity index is 1.69. The standard InChI is InChI=1S/C22H23F3N2O6/c1-2-3-12-31-17-8-4-15(5-9-17)21(30)26-13-20(29)32-14-19(28)27-16-6-10-18(11-7-16)33-22(23,24)25/h4-11H,2-3,12-14H2,1H3,(H,26,30)(H,27,28). The number of rotatable bonds is 11. The highest BCUT2D eigenvalue weighted by Crippen LogP contribution is 2.23. The molecule has 0 aliphatic rings. The molecule has 2 N–H and O–H groups in total. The molecule has 178 valence electrons. The summed E-state index contributed by atoms with van der Waals surface area (Å²) in [5, 5.41) is 4.73. The zero-order valence-corrected chi connectivity index (χ0v) is 17.7. The van der Waals surface area contributed by atoms with Crippen molar-refractivity contribution in [3.8, 4) is 11.5 Å². The monoisotopic (exact) mass is 468 g/mol. The van der Waals surface area contributed by atoms with E-state index in [0.29, 0.717) is 17.9 Å². The van der Waals surface area contributed by atoms with Crippen LogP contribution in [0.15, 0.2) is 48.5 Å². The lowest BCUT2D eigenvalue weighted by Crippen LogP contribution is -2.32. The second-order valence-corrected chi connectivity index (χ2v) is 6.69. The maximum absolute atomic E-state index is 12.1. The first kappa shape index (κ1) is 25.5. The Bertz CT molecular complexity index is 931. The number of unbranched alkanes of at least 4 members (excludes halogenated alkanes) is 1. The van der Waals surface area contributed by atoms with Gasteiger partial charge in [-0.05, 0) is 55.0 Å². The van der Waals surface area contributed by atoms with Crippen LogP contribution in [0.4, 0.5) is 18.9 Å². The topological polar surface area (TPSA) is 103 Å².